The molecule has 148 valence electrons. The summed E-state index contributed by atoms with van der Waals surface area (Å²) in [4.78, 5) is 0. The molecule has 0 saturated carbocycles. The van der Waals surface area contributed by atoms with Crippen LogP contribution in [0.2, 0.25) is 0 Å². The molecule has 0 aliphatic carbocycles. The van der Waals surface area contributed by atoms with E-state index < -0.39 is 6.10 Å². The molecule has 2 heterocycles. The van der Waals surface area contributed by atoms with Gasteiger partial charge in [0.1, 0.15) is 0 Å². The maximum absolute atomic E-state index is 10.6. The topological polar surface area (TPSA) is 49.7 Å². The molecule has 0 amide bonds. The highest BCUT2D eigenvalue weighted by Gasteiger charge is 2.46. The zero-order valence-corrected chi connectivity index (χ0v) is 16.6. The Kier molecular flexibility index (Phi) is 7.28. The highest BCUT2D eigenvalue weighted by molar-refractivity contribution is 5.22. The molecule has 3 rings (SSSR count). The van der Waals surface area contributed by atoms with Crippen LogP contribution in [0.3, 0.4) is 0 Å². The van der Waals surface area contributed by atoms with E-state index >= 15 is 0 Å². The summed E-state index contributed by atoms with van der Waals surface area (Å²) in [5, 5.41) is 20.3. The first-order valence-electron chi connectivity index (χ1n) is 10.5. The van der Waals surface area contributed by atoms with Crippen LogP contribution < -0.4 is 0 Å². The SMILES string of the molecule is CC[C@@H](O)CC=CC[C@@H]1C(C=CC(O)C(C)c2ccccc2)[C@@H]2CC[C@H]1O2. The first kappa shape index (κ1) is 20.3. The van der Waals surface area contributed by atoms with Gasteiger partial charge in [-0.3, -0.25) is 0 Å². The minimum Gasteiger partial charge on any atom is -0.393 e. The Morgan fingerprint density at radius 1 is 1.11 bits per heavy atom. The van der Waals surface area contributed by atoms with Crippen molar-refractivity contribution in [2.45, 2.75) is 76.3 Å². The number of aliphatic hydroxyl groups excluding tert-OH is 2. The van der Waals surface area contributed by atoms with Crippen LogP contribution in [0.1, 0.15) is 57.4 Å². The molecule has 7 atom stereocenters. The predicted molar refractivity (Wildman–Crippen MR) is 110 cm³/mol. The van der Waals surface area contributed by atoms with Gasteiger partial charge in [0.05, 0.1) is 24.4 Å². The molecule has 0 aromatic heterocycles. The van der Waals surface area contributed by atoms with Crippen molar-refractivity contribution < 1.29 is 14.9 Å². The van der Waals surface area contributed by atoms with E-state index in [0.717, 1.165) is 37.7 Å². The highest BCUT2D eigenvalue weighted by Crippen LogP contribution is 2.46. The van der Waals surface area contributed by atoms with Crippen molar-refractivity contribution in [2.75, 3.05) is 0 Å². The van der Waals surface area contributed by atoms with Crippen molar-refractivity contribution in [2.24, 2.45) is 11.8 Å². The van der Waals surface area contributed by atoms with E-state index in [0.29, 0.717) is 24.0 Å². The van der Waals surface area contributed by atoms with Crippen LogP contribution in [0.4, 0.5) is 0 Å². The second-order valence-electron chi connectivity index (χ2n) is 8.11. The number of aliphatic hydroxyl groups is 2. The average molecular weight is 371 g/mol. The molecule has 1 aromatic rings. The molecule has 0 radical (unpaired) electrons. The number of rotatable bonds is 9. The lowest BCUT2D eigenvalue weighted by molar-refractivity contribution is 0.0899. The zero-order chi connectivity index (χ0) is 19.2. The molecule has 3 nitrogen and oxygen atoms in total. The summed E-state index contributed by atoms with van der Waals surface area (Å²) in [6.07, 6.45) is 13.2. The minimum atomic E-state index is -0.484. The van der Waals surface area contributed by atoms with Crippen LogP contribution in [0.15, 0.2) is 54.6 Å². The summed E-state index contributed by atoms with van der Waals surface area (Å²) in [6.45, 7) is 4.08. The molecule has 2 bridgehead atoms. The van der Waals surface area contributed by atoms with E-state index in [1.54, 1.807) is 0 Å². The fraction of sp³-hybridized carbons (Fsp3) is 0.583. The first-order valence-corrected chi connectivity index (χ1v) is 10.5. The van der Waals surface area contributed by atoms with Gasteiger partial charge in [-0.2, -0.15) is 0 Å². The number of allylic oxidation sites excluding steroid dienone is 1. The number of ether oxygens (including phenoxy) is 1. The fourth-order valence-corrected chi connectivity index (χ4v) is 4.42. The number of hydrogen-bond acceptors (Lipinski definition) is 3. The highest BCUT2D eigenvalue weighted by atomic mass is 16.5. The molecule has 3 unspecified atom stereocenters. The number of hydrogen-bond donors (Lipinski definition) is 2. The maximum atomic E-state index is 10.6. The third-order valence-electron chi connectivity index (χ3n) is 6.31. The lowest BCUT2D eigenvalue weighted by Crippen LogP contribution is -2.26. The monoisotopic (exact) mass is 370 g/mol. The van der Waals surface area contributed by atoms with Gasteiger partial charge in [0, 0.05) is 11.8 Å². The van der Waals surface area contributed by atoms with Crippen LogP contribution in [0.5, 0.6) is 0 Å². The summed E-state index contributed by atoms with van der Waals surface area (Å²) >= 11 is 0. The normalized spacial score (nSPS) is 31.0. The summed E-state index contributed by atoms with van der Waals surface area (Å²) < 4.78 is 6.16. The summed E-state index contributed by atoms with van der Waals surface area (Å²) in [5.74, 6) is 0.937. The molecule has 27 heavy (non-hydrogen) atoms. The van der Waals surface area contributed by atoms with Gasteiger partial charge in [-0.05, 0) is 43.6 Å². The van der Waals surface area contributed by atoms with Crippen LogP contribution in [-0.2, 0) is 4.74 Å². The van der Waals surface area contributed by atoms with Crippen LogP contribution in [-0.4, -0.2) is 34.6 Å². The summed E-state index contributed by atoms with van der Waals surface area (Å²) in [6, 6.07) is 10.2. The largest absolute Gasteiger partial charge is 0.393 e. The van der Waals surface area contributed by atoms with Crippen LogP contribution in [0, 0.1) is 11.8 Å². The molecule has 2 aliphatic heterocycles. The minimum absolute atomic E-state index is 0.0795. The van der Waals surface area contributed by atoms with E-state index in [9.17, 15) is 10.2 Å². The summed E-state index contributed by atoms with van der Waals surface area (Å²) in [7, 11) is 0. The zero-order valence-electron chi connectivity index (χ0n) is 16.6. The van der Waals surface area contributed by atoms with Crippen molar-refractivity contribution in [3.63, 3.8) is 0 Å². The Hall–Kier alpha value is -1.42. The lowest BCUT2D eigenvalue weighted by atomic mass is 9.77. The second kappa shape index (κ2) is 9.68. The van der Waals surface area contributed by atoms with E-state index in [1.807, 2.05) is 31.2 Å². The van der Waals surface area contributed by atoms with Crippen molar-refractivity contribution in [3.05, 3.63) is 60.2 Å². The first-order chi connectivity index (χ1) is 13.1. The maximum Gasteiger partial charge on any atom is 0.0786 e. The Labute approximate surface area is 163 Å². The van der Waals surface area contributed by atoms with Gasteiger partial charge in [0.15, 0.2) is 0 Å². The molecule has 1 aromatic carbocycles. The molecule has 2 fully saturated rings. The molecule has 2 aliphatic rings. The molecular formula is C24H34O3. The van der Waals surface area contributed by atoms with Crippen molar-refractivity contribution in [1.29, 1.82) is 0 Å². The van der Waals surface area contributed by atoms with Gasteiger partial charge in [-0.1, -0.05) is 68.5 Å². The van der Waals surface area contributed by atoms with Crippen LogP contribution in [0.25, 0.3) is 0 Å². The van der Waals surface area contributed by atoms with Crippen molar-refractivity contribution >= 4 is 0 Å². The molecule has 2 saturated heterocycles. The third-order valence-corrected chi connectivity index (χ3v) is 6.31. The number of benzene rings is 1. The Morgan fingerprint density at radius 3 is 2.59 bits per heavy atom. The van der Waals surface area contributed by atoms with Gasteiger partial charge in [-0.25, -0.2) is 0 Å². The van der Waals surface area contributed by atoms with Crippen molar-refractivity contribution in [1.82, 2.24) is 0 Å². The standard InChI is InChI=1S/C24H34O3/c1-3-19(25)11-7-8-12-20-21(24-16-15-23(20)27-24)13-14-22(26)17(2)18-9-5-4-6-10-18/h4-10,13-14,17,19-26H,3,11-12,15-16H2,1-2H3/t17?,19-,20-,21?,22?,23-,24+/m1/s1. The van der Waals surface area contributed by atoms with Crippen molar-refractivity contribution in [3.8, 4) is 0 Å². The average Bonchev–Trinajstić information content (AvgIpc) is 3.31. The van der Waals surface area contributed by atoms with E-state index in [-0.39, 0.29) is 12.0 Å². The summed E-state index contributed by atoms with van der Waals surface area (Å²) in [5.41, 5.74) is 1.16. The molecule has 3 heteroatoms. The second-order valence-corrected chi connectivity index (χ2v) is 8.11. The van der Waals surface area contributed by atoms with Gasteiger partial charge in [0.2, 0.25) is 0 Å². The van der Waals surface area contributed by atoms with Gasteiger partial charge in [0.25, 0.3) is 0 Å². The smallest absolute Gasteiger partial charge is 0.0786 e. The Balaban J connectivity index is 1.59. The lowest BCUT2D eigenvalue weighted by Gasteiger charge is -2.25. The van der Waals surface area contributed by atoms with Crippen LogP contribution >= 0.6 is 0 Å². The van der Waals surface area contributed by atoms with E-state index in [1.165, 1.54) is 0 Å². The fourth-order valence-electron chi connectivity index (χ4n) is 4.42. The Morgan fingerprint density at radius 2 is 1.85 bits per heavy atom. The van der Waals surface area contributed by atoms with Gasteiger partial charge in [-0.15, -0.1) is 0 Å². The van der Waals surface area contributed by atoms with Gasteiger partial charge < -0.3 is 14.9 Å². The molecule has 0 spiro atoms. The number of fused-ring (bicyclic) bond motifs is 2. The van der Waals surface area contributed by atoms with Gasteiger partial charge >= 0.3 is 0 Å². The Bertz CT molecular complexity index is 624. The molecule has 2 N–H and O–H groups in total. The van der Waals surface area contributed by atoms with E-state index in [2.05, 4.69) is 37.3 Å². The van der Waals surface area contributed by atoms with E-state index in [4.69, 9.17) is 4.74 Å². The predicted octanol–water partition coefficient (Wildman–Crippen LogP) is 4.61. The quantitative estimate of drug-likeness (QED) is 0.624. The third kappa shape index (κ3) is 5.10. The molecular weight excluding hydrogens is 336 g/mol.